The lowest BCUT2D eigenvalue weighted by Gasteiger charge is -2.40. The largest absolute Gasteiger partial charge is 0.370 e. The predicted molar refractivity (Wildman–Crippen MR) is 80.8 cm³/mol. The van der Waals surface area contributed by atoms with Crippen molar-refractivity contribution in [3.8, 4) is 0 Å². The highest BCUT2D eigenvalue weighted by molar-refractivity contribution is 8.00. The van der Waals surface area contributed by atoms with E-state index in [0.717, 1.165) is 18.9 Å². The number of nitrogens with zero attached hydrogens (tertiary/aromatic N) is 1. The number of rotatable bonds is 6. The number of aromatic nitrogens is 1. The molecular weight excluding hydrogens is 258 g/mol. The second-order valence-corrected chi connectivity index (χ2v) is 6.16. The fourth-order valence-corrected chi connectivity index (χ4v) is 3.13. The molecule has 0 atom stereocenters. The van der Waals surface area contributed by atoms with Gasteiger partial charge in [-0.1, -0.05) is 6.42 Å². The molecule has 1 fully saturated rings. The van der Waals surface area contributed by atoms with Crippen LogP contribution in [0.5, 0.6) is 0 Å². The molecule has 0 spiro atoms. The molecule has 2 N–H and O–H groups in total. The van der Waals surface area contributed by atoms with Gasteiger partial charge >= 0.3 is 0 Å². The third-order valence-electron chi connectivity index (χ3n) is 3.65. The Morgan fingerprint density at radius 1 is 1.53 bits per heavy atom. The minimum Gasteiger partial charge on any atom is -0.370 e. The zero-order valence-electron chi connectivity index (χ0n) is 11.5. The van der Waals surface area contributed by atoms with Gasteiger partial charge in [0.1, 0.15) is 5.82 Å². The lowest BCUT2D eigenvalue weighted by atomic mass is 9.84. The topological polar surface area (TPSA) is 54.0 Å². The van der Waals surface area contributed by atoms with Gasteiger partial charge in [-0.05, 0) is 38.2 Å². The van der Waals surface area contributed by atoms with Gasteiger partial charge in [0.15, 0.2) is 0 Å². The number of carbonyl (C=O) groups is 1. The highest BCUT2D eigenvalue weighted by Crippen LogP contribution is 2.42. The number of hydrogen-bond acceptors (Lipinski definition) is 4. The van der Waals surface area contributed by atoms with Gasteiger partial charge in [-0.2, -0.15) is 11.8 Å². The molecule has 104 valence electrons. The average molecular weight is 279 g/mol. The smallest absolute Gasteiger partial charge is 0.251 e. The van der Waals surface area contributed by atoms with E-state index in [1.807, 2.05) is 18.7 Å². The highest BCUT2D eigenvalue weighted by Gasteiger charge is 2.36. The summed E-state index contributed by atoms with van der Waals surface area (Å²) in [6.45, 7) is 3.56. The molecule has 5 heteroatoms. The van der Waals surface area contributed by atoms with Crippen LogP contribution in [0, 0.1) is 0 Å². The quantitative estimate of drug-likeness (QED) is 0.840. The molecule has 1 aromatic heterocycles. The summed E-state index contributed by atoms with van der Waals surface area (Å²) in [5, 5.41) is 6.16. The molecule has 4 nitrogen and oxygen atoms in total. The molecule has 1 saturated carbocycles. The van der Waals surface area contributed by atoms with Crippen LogP contribution in [0.4, 0.5) is 5.82 Å². The van der Waals surface area contributed by atoms with E-state index in [4.69, 9.17) is 0 Å². The Morgan fingerprint density at radius 2 is 2.32 bits per heavy atom. The molecule has 1 aliphatic carbocycles. The number of anilines is 1. The van der Waals surface area contributed by atoms with Crippen LogP contribution in [-0.4, -0.2) is 35.0 Å². The Labute approximate surface area is 118 Å². The van der Waals surface area contributed by atoms with Crippen LogP contribution in [-0.2, 0) is 0 Å². The first kappa shape index (κ1) is 14.2. The molecule has 0 saturated heterocycles. The normalized spacial score (nSPS) is 16.5. The van der Waals surface area contributed by atoms with Crippen LogP contribution in [0.25, 0.3) is 0 Å². The number of amides is 1. The van der Waals surface area contributed by atoms with Gasteiger partial charge < -0.3 is 10.6 Å². The Bertz CT molecular complexity index is 441. The third-order valence-corrected chi connectivity index (χ3v) is 5.07. The first-order valence-corrected chi connectivity index (χ1v) is 7.95. The maximum atomic E-state index is 12.1. The molecule has 0 aliphatic heterocycles. The number of thioether (sulfide) groups is 1. The molecule has 2 rings (SSSR count). The van der Waals surface area contributed by atoms with Crippen LogP contribution < -0.4 is 10.6 Å². The number of nitrogens with one attached hydrogen (secondary N) is 2. The fraction of sp³-hybridized carbons (Fsp3) is 0.571. The second kappa shape index (κ2) is 6.28. The molecule has 0 unspecified atom stereocenters. The monoisotopic (exact) mass is 279 g/mol. The molecule has 1 aliphatic rings. The van der Waals surface area contributed by atoms with Gasteiger partial charge in [-0.15, -0.1) is 0 Å². The first-order valence-electron chi connectivity index (χ1n) is 6.72. The van der Waals surface area contributed by atoms with Crippen molar-refractivity contribution in [3.63, 3.8) is 0 Å². The van der Waals surface area contributed by atoms with Crippen LogP contribution in [0.15, 0.2) is 18.3 Å². The van der Waals surface area contributed by atoms with Gasteiger partial charge in [0, 0.05) is 29.6 Å². The minimum atomic E-state index is -0.0121. The molecule has 0 bridgehead atoms. The molecule has 0 aromatic carbocycles. The summed E-state index contributed by atoms with van der Waals surface area (Å²) >= 11 is 1.87. The zero-order valence-corrected chi connectivity index (χ0v) is 12.3. The van der Waals surface area contributed by atoms with Crippen LogP contribution in [0.2, 0.25) is 0 Å². The van der Waals surface area contributed by atoms with Crippen molar-refractivity contribution in [1.29, 1.82) is 0 Å². The van der Waals surface area contributed by atoms with Gasteiger partial charge in [-0.25, -0.2) is 4.98 Å². The van der Waals surface area contributed by atoms with E-state index < -0.39 is 0 Å². The van der Waals surface area contributed by atoms with Crippen LogP contribution >= 0.6 is 11.8 Å². The van der Waals surface area contributed by atoms with Crippen molar-refractivity contribution >= 4 is 23.5 Å². The van der Waals surface area contributed by atoms with Crippen molar-refractivity contribution in [2.75, 3.05) is 24.7 Å². The lowest BCUT2D eigenvalue weighted by Crippen LogP contribution is -2.45. The molecule has 1 amide bonds. The van der Waals surface area contributed by atoms with E-state index in [2.05, 4.69) is 21.9 Å². The van der Waals surface area contributed by atoms with E-state index in [1.165, 1.54) is 19.3 Å². The molecule has 0 radical (unpaired) electrons. The van der Waals surface area contributed by atoms with E-state index in [-0.39, 0.29) is 10.7 Å². The predicted octanol–water partition coefficient (Wildman–Crippen LogP) is 2.53. The summed E-state index contributed by atoms with van der Waals surface area (Å²) in [6, 6.07) is 3.55. The molecule has 19 heavy (non-hydrogen) atoms. The van der Waals surface area contributed by atoms with E-state index in [0.29, 0.717) is 5.56 Å². The number of pyridine rings is 1. The standard InChI is InChI=1S/C14H21N3OS/c1-3-15-12-9-11(5-8-16-12)13(18)17-10-14(19-2)6-4-7-14/h5,8-9H,3-4,6-7,10H2,1-2H3,(H,15,16)(H,17,18). The van der Waals surface area contributed by atoms with E-state index in [1.54, 1.807) is 18.3 Å². The van der Waals surface area contributed by atoms with Gasteiger partial charge in [0.2, 0.25) is 0 Å². The van der Waals surface area contributed by atoms with Crippen molar-refractivity contribution < 1.29 is 4.79 Å². The summed E-state index contributed by atoms with van der Waals surface area (Å²) in [4.78, 5) is 16.3. The molecule has 1 aromatic rings. The van der Waals surface area contributed by atoms with Crippen molar-refractivity contribution in [3.05, 3.63) is 23.9 Å². The van der Waals surface area contributed by atoms with Gasteiger partial charge in [-0.3, -0.25) is 4.79 Å². The highest BCUT2D eigenvalue weighted by atomic mass is 32.2. The fourth-order valence-electron chi connectivity index (χ4n) is 2.22. The zero-order chi connectivity index (χ0) is 13.7. The van der Waals surface area contributed by atoms with Crippen LogP contribution in [0.3, 0.4) is 0 Å². The maximum Gasteiger partial charge on any atom is 0.251 e. The van der Waals surface area contributed by atoms with Crippen molar-refractivity contribution in [2.24, 2.45) is 0 Å². The van der Waals surface area contributed by atoms with E-state index >= 15 is 0 Å². The lowest BCUT2D eigenvalue weighted by molar-refractivity contribution is 0.0944. The maximum absolute atomic E-state index is 12.1. The summed E-state index contributed by atoms with van der Waals surface area (Å²) in [5.41, 5.74) is 0.668. The summed E-state index contributed by atoms with van der Waals surface area (Å²) in [5.74, 6) is 0.736. The van der Waals surface area contributed by atoms with Crippen molar-refractivity contribution in [2.45, 2.75) is 30.9 Å². The Kier molecular flexibility index (Phi) is 4.69. The SMILES string of the molecule is CCNc1cc(C(=O)NCC2(SC)CCC2)ccn1. The van der Waals surface area contributed by atoms with Crippen LogP contribution in [0.1, 0.15) is 36.5 Å². The van der Waals surface area contributed by atoms with E-state index in [9.17, 15) is 4.79 Å². The molecular formula is C14H21N3OS. The summed E-state index contributed by atoms with van der Waals surface area (Å²) in [7, 11) is 0. The average Bonchev–Trinajstić information content (AvgIpc) is 2.38. The Balaban J connectivity index is 1.94. The molecule has 1 heterocycles. The number of hydrogen-bond donors (Lipinski definition) is 2. The second-order valence-electron chi connectivity index (χ2n) is 4.88. The van der Waals surface area contributed by atoms with Gasteiger partial charge in [0.05, 0.1) is 0 Å². The van der Waals surface area contributed by atoms with Gasteiger partial charge in [0.25, 0.3) is 5.91 Å². The first-order chi connectivity index (χ1) is 9.19. The summed E-state index contributed by atoms with van der Waals surface area (Å²) < 4.78 is 0.271. The third kappa shape index (κ3) is 3.41. The Hall–Kier alpha value is -1.23. The summed E-state index contributed by atoms with van der Waals surface area (Å²) in [6.07, 6.45) is 7.47. The number of carbonyl (C=O) groups excluding carboxylic acids is 1. The van der Waals surface area contributed by atoms with Crippen molar-refractivity contribution in [1.82, 2.24) is 10.3 Å². The Morgan fingerprint density at radius 3 is 2.89 bits per heavy atom. The minimum absolute atomic E-state index is 0.0121.